The summed E-state index contributed by atoms with van der Waals surface area (Å²) >= 11 is 0. The van der Waals surface area contributed by atoms with E-state index in [0.717, 1.165) is 47.1 Å². The van der Waals surface area contributed by atoms with E-state index in [1.165, 1.54) is 18.5 Å². The van der Waals surface area contributed by atoms with Gasteiger partial charge in [0.2, 0.25) is 0 Å². The molecule has 1 unspecified atom stereocenters. The van der Waals surface area contributed by atoms with Crippen molar-refractivity contribution in [1.82, 2.24) is 19.2 Å². The average molecular weight is 391 g/mol. The van der Waals surface area contributed by atoms with Crippen molar-refractivity contribution in [1.29, 1.82) is 0 Å². The van der Waals surface area contributed by atoms with Gasteiger partial charge in [0, 0.05) is 66.1 Å². The Hall–Kier alpha value is -2.50. The fraction of sp³-hybridized carbons (Fsp3) is 0.417. The number of hydrogen-bond acceptors (Lipinski definition) is 4. The number of hydrogen-bond donors (Lipinski definition) is 0. The summed E-state index contributed by atoms with van der Waals surface area (Å²) in [6, 6.07) is 9.12. The Morgan fingerprint density at radius 3 is 2.45 bits per heavy atom. The van der Waals surface area contributed by atoms with Gasteiger partial charge in [0.05, 0.1) is 0 Å². The van der Waals surface area contributed by atoms with Crippen molar-refractivity contribution in [3.8, 4) is 11.1 Å². The van der Waals surface area contributed by atoms with Crippen molar-refractivity contribution < 1.29 is 4.79 Å². The summed E-state index contributed by atoms with van der Waals surface area (Å²) in [5, 5.41) is 0. The molecule has 1 aliphatic rings. The van der Waals surface area contributed by atoms with Crippen molar-refractivity contribution in [3.05, 3.63) is 59.7 Å². The molecule has 5 nitrogen and oxygen atoms in total. The first-order valence-electron chi connectivity index (χ1n) is 10.4. The van der Waals surface area contributed by atoms with E-state index in [9.17, 15) is 4.79 Å². The second kappa shape index (κ2) is 8.09. The van der Waals surface area contributed by atoms with Crippen LogP contribution in [0.4, 0.5) is 0 Å². The molecule has 3 aromatic rings. The molecule has 0 saturated carbocycles. The summed E-state index contributed by atoms with van der Waals surface area (Å²) in [6.45, 7) is 6.51. The van der Waals surface area contributed by atoms with Crippen LogP contribution < -0.4 is 0 Å². The molecule has 1 fully saturated rings. The van der Waals surface area contributed by atoms with Crippen LogP contribution in [0.2, 0.25) is 0 Å². The molecule has 29 heavy (non-hydrogen) atoms. The highest BCUT2D eigenvalue weighted by atomic mass is 16.1. The lowest BCUT2D eigenvalue weighted by Crippen LogP contribution is -2.43. The van der Waals surface area contributed by atoms with E-state index >= 15 is 0 Å². The third kappa shape index (κ3) is 3.72. The molecule has 152 valence electrons. The largest absolute Gasteiger partial charge is 0.318 e. The maximum absolute atomic E-state index is 11.8. The summed E-state index contributed by atoms with van der Waals surface area (Å²) in [5.74, 6) is 0. The minimum atomic E-state index is 0.248. The first kappa shape index (κ1) is 19.8. The first-order chi connectivity index (χ1) is 14.0. The van der Waals surface area contributed by atoms with Crippen molar-refractivity contribution in [2.45, 2.75) is 38.8 Å². The normalized spacial score (nSPS) is 17.1. The molecule has 3 aromatic heterocycles. The van der Waals surface area contributed by atoms with Gasteiger partial charge in [-0.25, -0.2) is 0 Å². The van der Waals surface area contributed by atoms with Crippen LogP contribution in [-0.4, -0.2) is 58.7 Å². The Labute approximate surface area is 173 Å². The van der Waals surface area contributed by atoms with E-state index < -0.39 is 0 Å². The maximum atomic E-state index is 11.8. The van der Waals surface area contributed by atoms with Crippen LogP contribution in [0.15, 0.2) is 42.9 Å². The smallest absolute Gasteiger partial charge is 0.150 e. The number of pyridine rings is 2. The van der Waals surface area contributed by atoms with Crippen LogP contribution in [0.3, 0.4) is 0 Å². The number of carbonyl (C=O) groups excluding carboxylic acids is 1. The van der Waals surface area contributed by atoms with Crippen LogP contribution in [-0.2, 0) is 0 Å². The number of piperidine rings is 1. The van der Waals surface area contributed by atoms with Gasteiger partial charge in [-0.05, 0) is 76.2 Å². The van der Waals surface area contributed by atoms with E-state index in [2.05, 4.69) is 59.4 Å². The fourth-order valence-corrected chi connectivity index (χ4v) is 4.70. The van der Waals surface area contributed by atoms with Crippen LogP contribution in [0, 0.1) is 6.92 Å². The highest BCUT2D eigenvalue weighted by Gasteiger charge is 2.27. The number of carbonyl (C=O) groups is 1. The van der Waals surface area contributed by atoms with Gasteiger partial charge in [0.1, 0.15) is 6.29 Å². The number of rotatable bonds is 5. The Morgan fingerprint density at radius 2 is 1.83 bits per heavy atom. The minimum Gasteiger partial charge on any atom is -0.318 e. The topological polar surface area (TPSA) is 40.9 Å². The molecule has 0 aromatic carbocycles. The second-order valence-electron chi connectivity index (χ2n) is 8.39. The van der Waals surface area contributed by atoms with Gasteiger partial charge in [-0.15, -0.1) is 0 Å². The number of likely N-dealkylation sites (tertiary alicyclic amines) is 1. The Kier molecular flexibility index (Phi) is 5.52. The molecule has 4 heterocycles. The predicted molar refractivity (Wildman–Crippen MR) is 117 cm³/mol. The third-order valence-electron chi connectivity index (χ3n) is 6.54. The number of nitrogens with zero attached hydrogens (tertiary/aromatic N) is 4. The van der Waals surface area contributed by atoms with E-state index in [0.29, 0.717) is 6.04 Å². The summed E-state index contributed by atoms with van der Waals surface area (Å²) in [5.41, 5.74) is 6.42. The first-order valence-corrected chi connectivity index (χ1v) is 10.4. The van der Waals surface area contributed by atoms with Crippen molar-refractivity contribution in [2.24, 2.45) is 0 Å². The summed E-state index contributed by atoms with van der Waals surface area (Å²) in [6.07, 6.45) is 9.19. The van der Waals surface area contributed by atoms with Gasteiger partial charge in [0.25, 0.3) is 0 Å². The Morgan fingerprint density at radius 1 is 1.14 bits per heavy atom. The lowest BCUT2D eigenvalue weighted by molar-refractivity contribution is 0.111. The van der Waals surface area contributed by atoms with Crippen LogP contribution in [0.1, 0.15) is 47.4 Å². The molecule has 5 heteroatoms. The van der Waals surface area contributed by atoms with Crippen LogP contribution >= 0.6 is 0 Å². The zero-order valence-electron chi connectivity index (χ0n) is 17.8. The Bertz CT molecular complexity index is 1000. The standard InChI is InChI=1S/C24H30N4O/c1-17-21(16-29)14-23-13-20(19-5-9-25-10-6-19)15-28(23)24(17)18(2)27-11-7-22(8-12-27)26(3)4/h5-6,9-10,13-16,18,22H,7-8,11-12H2,1-4H3. The zero-order valence-corrected chi connectivity index (χ0v) is 17.8. The molecule has 0 aliphatic carbocycles. The van der Waals surface area contributed by atoms with Crippen molar-refractivity contribution >= 4 is 11.8 Å². The van der Waals surface area contributed by atoms with Gasteiger partial charge in [-0.3, -0.25) is 14.7 Å². The second-order valence-corrected chi connectivity index (χ2v) is 8.39. The third-order valence-corrected chi connectivity index (χ3v) is 6.54. The van der Waals surface area contributed by atoms with E-state index in [-0.39, 0.29) is 6.04 Å². The van der Waals surface area contributed by atoms with Gasteiger partial charge in [-0.1, -0.05) is 0 Å². The van der Waals surface area contributed by atoms with E-state index in [1.807, 2.05) is 30.6 Å². The number of aldehydes is 1. The molecule has 0 radical (unpaired) electrons. The molecule has 0 bridgehead atoms. The molecular weight excluding hydrogens is 360 g/mol. The lowest BCUT2D eigenvalue weighted by atomic mass is 9.98. The summed E-state index contributed by atoms with van der Waals surface area (Å²) in [7, 11) is 4.34. The van der Waals surface area contributed by atoms with Gasteiger partial charge in [0.15, 0.2) is 0 Å². The highest BCUT2D eigenvalue weighted by molar-refractivity contribution is 5.82. The lowest BCUT2D eigenvalue weighted by Gasteiger charge is -2.39. The average Bonchev–Trinajstić information content (AvgIpc) is 3.17. The van der Waals surface area contributed by atoms with Gasteiger partial charge < -0.3 is 9.30 Å². The minimum absolute atomic E-state index is 0.248. The molecule has 1 aliphatic heterocycles. The van der Waals surface area contributed by atoms with Crippen molar-refractivity contribution in [2.75, 3.05) is 27.2 Å². The SMILES string of the molecule is Cc1c(C=O)cc2cc(-c3ccncc3)cn2c1C(C)N1CCC(N(C)C)CC1. The predicted octanol–water partition coefficient (Wildman–Crippen LogP) is 4.21. The molecule has 4 rings (SSSR count). The molecule has 1 saturated heterocycles. The zero-order chi connectivity index (χ0) is 20.5. The van der Waals surface area contributed by atoms with E-state index in [1.54, 1.807) is 0 Å². The molecule has 0 spiro atoms. The van der Waals surface area contributed by atoms with Crippen molar-refractivity contribution in [3.63, 3.8) is 0 Å². The maximum Gasteiger partial charge on any atom is 0.150 e. The molecule has 0 amide bonds. The van der Waals surface area contributed by atoms with Crippen LogP contribution in [0.5, 0.6) is 0 Å². The van der Waals surface area contributed by atoms with Crippen LogP contribution in [0.25, 0.3) is 16.6 Å². The summed E-state index contributed by atoms with van der Waals surface area (Å²) in [4.78, 5) is 20.8. The number of fused-ring (bicyclic) bond motifs is 1. The monoisotopic (exact) mass is 390 g/mol. The number of aromatic nitrogens is 2. The quantitative estimate of drug-likeness (QED) is 0.612. The fourth-order valence-electron chi connectivity index (χ4n) is 4.70. The molecule has 1 atom stereocenters. The highest BCUT2D eigenvalue weighted by Crippen LogP contribution is 2.32. The molecular formula is C24H30N4O. The summed E-state index contributed by atoms with van der Waals surface area (Å²) < 4.78 is 2.28. The van der Waals surface area contributed by atoms with E-state index in [4.69, 9.17) is 0 Å². The Balaban J connectivity index is 1.75. The van der Waals surface area contributed by atoms with Gasteiger partial charge in [-0.2, -0.15) is 0 Å². The van der Waals surface area contributed by atoms with Gasteiger partial charge >= 0.3 is 0 Å². The molecule has 0 N–H and O–H groups in total.